The van der Waals surface area contributed by atoms with E-state index in [0.29, 0.717) is 6.42 Å². The summed E-state index contributed by atoms with van der Waals surface area (Å²) < 4.78 is 4.93. The van der Waals surface area contributed by atoms with Crippen LogP contribution in [0.5, 0.6) is 0 Å². The van der Waals surface area contributed by atoms with Crippen molar-refractivity contribution in [3.63, 3.8) is 0 Å². The summed E-state index contributed by atoms with van der Waals surface area (Å²) in [6.45, 7) is 2.24. The number of aliphatic hydroxyl groups is 1. The fraction of sp³-hybridized carbons (Fsp3) is 0.538. The molecule has 0 spiro atoms. The van der Waals surface area contributed by atoms with Gasteiger partial charge in [-0.05, 0) is 25.0 Å². The van der Waals surface area contributed by atoms with Crippen LogP contribution >= 0.6 is 0 Å². The van der Waals surface area contributed by atoms with Crippen LogP contribution in [0.4, 0.5) is 0 Å². The van der Waals surface area contributed by atoms with Gasteiger partial charge in [-0.2, -0.15) is 0 Å². The number of aliphatic hydroxyl groups excluding tert-OH is 1. The van der Waals surface area contributed by atoms with Crippen molar-refractivity contribution in [2.45, 2.75) is 32.2 Å². The highest BCUT2D eigenvalue weighted by Gasteiger charge is 2.11. The summed E-state index contributed by atoms with van der Waals surface area (Å²) in [5.41, 5.74) is 0. The van der Waals surface area contributed by atoms with E-state index < -0.39 is 0 Å². The Morgan fingerprint density at radius 3 is 2.84 bits per heavy atom. The molecule has 0 bridgehead atoms. The summed E-state index contributed by atoms with van der Waals surface area (Å²) in [7, 11) is 0. The molecule has 106 valence electrons. The number of carbonyl (C=O) groups excluding carboxylic acids is 2. The molecule has 1 unspecified atom stereocenters. The lowest BCUT2D eigenvalue weighted by Gasteiger charge is -2.15. The average molecular weight is 268 g/mol. The van der Waals surface area contributed by atoms with Gasteiger partial charge >= 0.3 is 0 Å². The third-order valence-corrected chi connectivity index (χ3v) is 2.72. The molecule has 0 saturated heterocycles. The normalized spacial score (nSPS) is 11.9. The van der Waals surface area contributed by atoms with E-state index in [1.54, 1.807) is 12.1 Å². The van der Waals surface area contributed by atoms with E-state index in [2.05, 4.69) is 10.6 Å². The molecule has 0 aromatic carbocycles. The van der Waals surface area contributed by atoms with Crippen molar-refractivity contribution in [2.75, 3.05) is 13.2 Å². The van der Waals surface area contributed by atoms with Crippen LogP contribution < -0.4 is 10.6 Å². The molecule has 1 atom stereocenters. The van der Waals surface area contributed by atoms with Crippen LogP contribution in [0.2, 0.25) is 0 Å². The van der Waals surface area contributed by atoms with Crippen LogP contribution in [0.15, 0.2) is 22.8 Å². The highest BCUT2D eigenvalue weighted by atomic mass is 16.3. The first kappa shape index (κ1) is 15.2. The van der Waals surface area contributed by atoms with E-state index >= 15 is 0 Å². The van der Waals surface area contributed by atoms with Gasteiger partial charge in [0.1, 0.15) is 0 Å². The third kappa shape index (κ3) is 5.56. The van der Waals surface area contributed by atoms with E-state index in [0.717, 1.165) is 6.42 Å². The topological polar surface area (TPSA) is 91.6 Å². The molecule has 3 N–H and O–H groups in total. The molecule has 1 aromatic heterocycles. The minimum atomic E-state index is -0.333. The first-order valence-corrected chi connectivity index (χ1v) is 6.39. The molecule has 0 radical (unpaired) electrons. The zero-order valence-corrected chi connectivity index (χ0v) is 11.0. The zero-order valence-electron chi connectivity index (χ0n) is 11.0. The summed E-state index contributed by atoms with van der Waals surface area (Å²) >= 11 is 0. The quantitative estimate of drug-likeness (QED) is 0.646. The second kappa shape index (κ2) is 8.31. The summed E-state index contributed by atoms with van der Waals surface area (Å²) in [4.78, 5) is 23.1. The van der Waals surface area contributed by atoms with Gasteiger partial charge in [0.25, 0.3) is 5.91 Å². The average Bonchev–Trinajstić information content (AvgIpc) is 2.92. The fourth-order valence-corrected chi connectivity index (χ4v) is 1.62. The number of furan rings is 1. The number of amides is 2. The Morgan fingerprint density at radius 2 is 2.26 bits per heavy atom. The molecule has 19 heavy (non-hydrogen) atoms. The van der Waals surface area contributed by atoms with Gasteiger partial charge in [0.2, 0.25) is 5.91 Å². The molecular formula is C13H20N2O4. The highest BCUT2D eigenvalue weighted by Crippen LogP contribution is 1.99. The summed E-state index contributed by atoms with van der Waals surface area (Å²) in [5, 5.41) is 14.2. The second-order valence-electron chi connectivity index (χ2n) is 4.17. The van der Waals surface area contributed by atoms with Crippen molar-refractivity contribution in [3.8, 4) is 0 Å². The molecule has 6 heteroatoms. The van der Waals surface area contributed by atoms with Gasteiger partial charge in [-0.15, -0.1) is 0 Å². The Kier molecular flexibility index (Phi) is 6.67. The van der Waals surface area contributed by atoms with Crippen molar-refractivity contribution >= 4 is 11.8 Å². The van der Waals surface area contributed by atoms with Crippen molar-refractivity contribution in [1.82, 2.24) is 10.6 Å². The number of nitrogens with one attached hydrogen (secondary N) is 2. The summed E-state index contributed by atoms with van der Waals surface area (Å²) in [5.74, 6) is -0.243. The Labute approximate surface area is 112 Å². The van der Waals surface area contributed by atoms with Crippen molar-refractivity contribution in [1.29, 1.82) is 0 Å². The third-order valence-electron chi connectivity index (χ3n) is 2.72. The number of hydrogen-bond acceptors (Lipinski definition) is 4. The van der Waals surface area contributed by atoms with Crippen LogP contribution in [0, 0.1) is 0 Å². The van der Waals surface area contributed by atoms with Crippen molar-refractivity contribution < 1.29 is 19.1 Å². The van der Waals surface area contributed by atoms with Crippen LogP contribution in [0.3, 0.4) is 0 Å². The van der Waals surface area contributed by atoms with E-state index in [4.69, 9.17) is 9.52 Å². The Balaban J connectivity index is 2.21. The summed E-state index contributed by atoms with van der Waals surface area (Å²) in [6.07, 6.45) is 2.93. The number of carbonyl (C=O) groups is 2. The Hall–Kier alpha value is -1.82. The first-order chi connectivity index (χ1) is 9.17. The molecule has 6 nitrogen and oxygen atoms in total. The second-order valence-corrected chi connectivity index (χ2v) is 4.17. The smallest absolute Gasteiger partial charge is 0.286 e. The lowest BCUT2D eigenvalue weighted by molar-refractivity contribution is -0.121. The number of rotatable bonds is 8. The SMILES string of the molecule is CCC(CCO)NC(=O)CCNC(=O)c1ccco1. The van der Waals surface area contributed by atoms with E-state index in [1.807, 2.05) is 6.92 Å². The molecule has 1 rings (SSSR count). The molecule has 0 saturated carbocycles. The molecule has 1 heterocycles. The molecule has 2 amide bonds. The van der Waals surface area contributed by atoms with Gasteiger partial charge < -0.3 is 20.2 Å². The maximum atomic E-state index is 11.6. The van der Waals surface area contributed by atoms with Crippen LogP contribution in [-0.4, -0.2) is 36.1 Å². The predicted octanol–water partition coefficient (Wildman–Crippen LogP) is 0.677. The maximum Gasteiger partial charge on any atom is 0.286 e. The first-order valence-electron chi connectivity index (χ1n) is 6.39. The minimum absolute atomic E-state index is 0.0155. The van der Waals surface area contributed by atoms with E-state index in [9.17, 15) is 9.59 Å². The van der Waals surface area contributed by atoms with Gasteiger partial charge in [0.05, 0.1) is 6.26 Å². The van der Waals surface area contributed by atoms with Crippen molar-refractivity contribution in [3.05, 3.63) is 24.2 Å². The standard InChI is InChI=1S/C13H20N2O4/c1-2-10(6-8-16)15-12(17)5-7-14-13(18)11-4-3-9-19-11/h3-4,9-10,16H,2,5-8H2,1H3,(H,14,18)(H,15,17). The zero-order chi connectivity index (χ0) is 14.1. The van der Waals surface area contributed by atoms with E-state index in [-0.39, 0.29) is 43.2 Å². The molecule has 1 aromatic rings. The predicted molar refractivity (Wildman–Crippen MR) is 69.6 cm³/mol. The molecule has 0 fully saturated rings. The lowest BCUT2D eigenvalue weighted by atomic mass is 10.1. The lowest BCUT2D eigenvalue weighted by Crippen LogP contribution is -2.37. The van der Waals surface area contributed by atoms with Gasteiger partial charge in [-0.3, -0.25) is 9.59 Å². The Bertz CT molecular complexity index is 389. The Morgan fingerprint density at radius 1 is 1.47 bits per heavy atom. The fourth-order valence-electron chi connectivity index (χ4n) is 1.62. The summed E-state index contributed by atoms with van der Waals surface area (Å²) in [6, 6.07) is 3.17. The van der Waals surface area contributed by atoms with Crippen LogP contribution in [0.1, 0.15) is 36.7 Å². The van der Waals surface area contributed by atoms with Crippen LogP contribution in [-0.2, 0) is 4.79 Å². The maximum absolute atomic E-state index is 11.6. The van der Waals surface area contributed by atoms with Crippen LogP contribution in [0.25, 0.3) is 0 Å². The molecule has 0 aliphatic carbocycles. The van der Waals surface area contributed by atoms with Crippen molar-refractivity contribution in [2.24, 2.45) is 0 Å². The van der Waals surface area contributed by atoms with Gasteiger partial charge in [-0.1, -0.05) is 6.92 Å². The van der Waals surface area contributed by atoms with Gasteiger partial charge in [0.15, 0.2) is 5.76 Å². The number of hydrogen-bond donors (Lipinski definition) is 3. The highest BCUT2D eigenvalue weighted by molar-refractivity contribution is 5.91. The van der Waals surface area contributed by atoms with Gasteiger partial charge in [-0.25, -0.2) is 0 Å². The monoisotopic (exact) mass is 268 g/mol. The minimum Gasteiger partial charge on any atom is -0.459 e. The van der Waals surface area contributed by atoms with Gasteiger partial charge in [0, 0.05) is 25.6 Å². The molecular weight excluding hydrogens is 248 g/mol. The molecule has 0 aliphatic rings. The molecule has 0 aliphatic heterocycles. The van der Waals surface area contributed by atoms with E-state index in [1.165, 1.54) is 6.26 Å². The largest absolute Gasteiger partial charge is 0.459 e.